The monoisotopic (exact) mass is 357 g/mol. The fourth-order valence-corrected chi connectivity index (χ4v) is 3.06. The Morgan fingerprint density at radius 1 is 1.32 bits per heavy atom. The number of pyridine rings is 1. The van der Waals surface area contributed by atoms with Gasteiger partial charge in [0.2, 0.25) is 0 Å². The first-order chi connectivity index (χ1) is 10.7. The molecule has 1 aromatic carbocycles. The summed E-state index contributed by atoms with van der Waals surface area (Å²) in [5.41, 5.74) is 4.53. The normalized spacial score (nSPS) is 10.9. The van der Waals surface area contributed by atoms with Crippen molar-refractivity contribution < 1.29 is 4.79 Å². The summed E-state index contributed by atoms with van der Waals surface area (Å²) in [4.78, 5) is 16.5. The molecule has 112 valence electrons. The van der Waals surface area contributed by atoms with Crippen LogP contribution in [-0.4, -0.2) is 22.3 Å². The number of carbonyl (C=O) groups is 1. The molecule has 3 rings (SSSR count). The second kappa shape index (κ2) is 5.93. The molecule has 1 N–H and O–H groups in total. The molecule has 22 heavy (non-hydrogen) atoms. The van der Waals surface area contributed by atoms with Crippen LogP contribution in [0.4, 0.5) is 0 Å². The molecule has 2 heterocycles. The zero-order chi connectivity index (χ0) is 15.7. The molecule has 3 aromatic rings. The van der Waals surface area contributed by atoms with Crippen molar-refractivity contribution in [3.8, 4) is 11.3 Å². The lowest BCUT2D eigenvalue weighted by Gasteiger charge is -2.05. The minimum absolute atomic E-state index is 0.106. The smallest absolute Gasteiger partial charge is 0.251 e. The summed E-state index contributed by atoms with van der Waals surface area (Å²) >= 11 is 3.59. The highest BCUT2D eigenvalue weighted by Crippen LogP contribution is 2.31. The van der Waals surface area contributed by atoms with Crippen molar-refractivity contribution in [2.45, 2.75) is 13.3 Å². The summed E-state index contributed by atoms with van der Waals surface area (Å²) in [6.45, 7) is 2.11. The Bertz CT molecular complexity index is 854. The quantitative estimate of drug-likeness (QED) is 0.776. The van der Waals surface area contributed by atoms with Gasteiger partial charge in [-0.3, -0.25) is 4.79 Å². The minimum Gasteiger partial charge on any atom is -0.355 e. The van der Waals surface area contributed by atoms with Crippen LogP contribution in [-0.2, 0) is 6.42 Å². The number of halogens is 1. The third-order valence-corrected chi connectivity index (χ3v) is 4.37. The van der Waals surface area contributed by atoms with Crippen LogP contribution in [0.5, 0.6) is 0 Å². The van der Waals surface area contributed by atoms with Crippen molar-refractivity contribution in [1.29, 1.82) is 0 Å². The number of fused-ring (bicyclic) bond motifs is 1. The Kier molecular flexibility index (Phi) is 3.98. The maximum absolute atomic E-state index is 11.8. The number of benzene rings is 1. The zero-order valence-corrected chi connectivity index (χ0v) is 14.0. The number of carbonyl (C=O) groups excluding carboxylic acids is 1. The molecular formula is C17H16BrN3O. The lowest BCUT2D eigenvalue weighted by molar-refractivity contribution is 0.0963. The number of amides is 1. The predicted octanol–water partition coefficient (Wildman–Crippen LogP) is 3.69. The Morgan fingerprint density at radius 2 is 2.09 bits per heavy atom. The van der Waals surface area contributed by atoms with Crippen molar-refractivity contribution in [3.05, 3.63) is 58.3 Å². The van der Waals surface area contributed by atoms with E-state index >= 15 is 0 Å². The lowest BCUT2D eigenvalue weighted by atomic mass is 10.1. The van der Waals surface area contributed by atoms with Crippen LogP contribution in [0.1, 0.15) is 23.0 Å². The van der Waals surface area contributed by atoms with E-state index in [4.69, 9.17) is 4.98 Å². The summed E-state index contributed by atoms with van der Waals surface area (Å²) < 4.78 is 3.06. The highest BCUT2D eigenvalue weighted by Gasteiger charge is 2.15. The number of nitrogens with zero attached hydrogens (tertiary/aromatic N) is 2. The molecule has 0 bridgehead atoms. The van der Waals surface area contributed by atoms with E-state index in [2.05, 4.69) is 28.2 Å². The van der Waals surface area contributed by atoms with Gasteiger partial charge in [0.15, 0.2) is 0 Å². The van der Waals surface area contributed by atoms with Crippen molar-refractivity contribution in [2.75, 3.05) is 7.05 Å². The fraction of sp³-hybridized carbons (Fsp3) is 0.176. The first-order valence-corrected chi connectivity index (χ1v) is 7.93. The molecule has 0 radical (unpaired) electrons. The number of rotatable bonds is 3. The highest BCUT2D eigenvalue weighted by atomic mass is 79.9. The van der Waals surface area contributed by atoms with Crippen LogP contribution in [0.2, 0.25) is 0 Å². The number of hydrogen-bond acceptors (Lipinski definition) is 2. The summed E-state index contributed by atoms with van der Waals surface area (Å²) in [7, 11) is 1.63. The van der Waals surface area contributed by atoms with Crippen LogP contribution in [0.15, 0.2) is 47.1 Å². The van der Waals surface area contributed by atoms with Crippen LogP contribution in [0, 0.1) is 0 Å². The zero-order valence-electron chi connectivity index (χ0n) is 12.4. The van der Waals surface area contributed by atoms with Crippen LogP contribution >= 0.6 is 15.9 Å². The van der Waals surface area contributed by atoms with Crippen molar-refractivity contribution in [3.63, 3.8) is 0 Å². The largest absolute Gasteiger partial charge is 0.355 e. The number of aromatic nitrogens is 2. The van der Waals surface area contributed by atoms with Gasteiger partial charge in [-0.2, -0.15) is 0 Å². The lowest BCUT2D eigenvalue weighted by Crippen LogP contribution is -2.17. The first kappa shape index (κ1) is 14.8. The predicted molar refractivity (Wildman–Crippen MR) is 91.1 cm³/mol. The topological polar surface area (TPSA) is 46.4 Å². The third-order valence-electron chi connectivity index (χ3n) is 3.68. The van der Waals surface area contributed by atoms with Gasteiger partial charge in [-0.15, -0.1) is 0 Å². The SMILES string of the molecule is CCc1c(-c2ccccc2Br)nc2cc(C(=O)NC)ccn12. The van der Waals surface area contributed by atoms with E-state index < -0.39 is 0 Å². The molecule has 0 aliphatic carbocycles. The molecule has 0 atom stereocenters. The van der Waals surface area contributed by atoms with E-state index in [1.807, 2.05) is 47.0 Å². The molecule has 0 saturated carbocycles. The van der Waals surface area contributed by atoms with Gasteiger partial charge < -0.3 is 9.72 Å². The first-order valence-electron chi connectivity index (χ1n) is 7.13. The summed E-state index contributed by atoms with van der Waals surface area (Å²) in [6, 6.07) is 11.7. The maximum Gasteiger partial charge on any atom is 0.251 e. The molecule has 0 spiro atoms. The molecule has 2 aromatic heterocycles. The van der Waals surface area contributed by atoms with Crippen LogP contribution in [0.25, 0.3) is 16.9 Å². The van der Waals surface area contributed by atoms with E-state index in [1.165, 1.54) is 0 Å². The van der Waals surface area contributed by atoms with E-state index in [9.17, 15) is 4.79 Å². The number of nitrogens with one attached hydrogen (secondary N) is 1. The van der Waals surface area contributed by atoms with Gasteiger partial charge in [0, 0.05) is 28.8 Å². The molecule has 5 heteroatoms. The minimum atomic E-state index is -0.106. The number of aryl methyl sites for hydroxylation is 1. The summed E-state index contributed by atoms with van der Waals surface area (Å²) in [5.74, 6) is -0.106. The van der Waals surface area contributed by atoms with E-state index in [1.54, 1.807) is 7.05 Å². The highest BCUT2D eigenvalue weighted by molar-refractivity contribution is 9.10. The summed E-state index contributed by atoms with van der Waals surface area (Å²) in [6.07, 6.45) is 2.77. The third kappa shape index (κ3) is 2.41. The van der Waals surface area contributed by atoms with Crippen LogP contribution < -0.4 is 5.32 Å². The van der Waals surface area contributed by atoms with Gasteiger partial charge in [0.05, 0.1) is 11.4 Å². The summed E-state index contributed by atoms with van der Waals surface area (Å²) in [5, 5.41) is 2.64. The van der Waals surface area contributed by atoms with E-state index in [0.29, 0.717) is 5.56 Å². The second-order valence-electron chi connectivity index (χ2n) is 4.96. The van der Waals surface area contributed by atoms with Gasteiger partial charge in [-0.25, -0.2) is 4.98 Å². The van der Waals surface area contributed by atoms with Gasteiger partial charge >= 0.3 is 0 Å². The van der Waals surface area contributed by atoms with Crippen LogP contribution in [0.3, 0.4) is 0 Å². The molecular weight excluding hydrogens is 342 g/mol. The Morgan fingerprint density at radius 3 is 2.77 bits per heavy atom. The number of imidazole rings is 1. The average Bonchev–Trinajstić information content (AvgIpc) is 2.91. The molecule has 0 fully saturated rings. The Balaban J connectivity index is 2.23. The molecule has 0 unspecified atom stereocenters. The van der Waals surface area contributed by atoms with Gasteiger partial charge in [-0.1, -0.05) is 41.1 Å². The fourth-order valence-electron chi connectivity index (χ4n) is 2.59. The standard InChI is InChI=1S/C17H16BrN3O/c1-3-14-16(12-6-4-5-7-13(12)18)20-15-10-11(17(22)19-2)8-9-21(14)15/h4-10H,3H2,1-2H3,(H,19,22). The molecule has 4 nitrogen and oxygen atoms in total. The van der Waals surface area contributed by atoms with Crippen molar-refractivity contribution >= 4 is 27.5 Å². The maximum atomic E-state index is 11.8. The Labute approximate surface area is 137 Å². The van der Waals surface area contributed by atoms with Crippen molar-refractivity contribution in [1.82, 2.24) is 14.7 Å². The Hall–Kier alpha value is -2.14. The molecule has 0 aliphatic rings. The van der Waals surface area contributed by atoms with E-state index in [-0.39, 0.29) is 5.91 Å². The number of hydrogen-bond donors (Lipinski definition) is 1. The molecule has 0 saturated heterocycles. The molecule has 0 aliphatic heterocycles. The molecule has 1 amide bonds. The average molecular weight is 358 g/mol. The van der Waals surface area contributed by atoms with Gasteiger partial charge in [-0.05, 0) is 24.6 Å². The van der Waals surface area contributed by atoms with Gasteiger partial charge in [0.25, 0.3) is 5.91 Å². The van der Waals surface area contributed by atoms with Crippen molar-refractivity contribution in [2.24, 2.45) is 0 Å². The van der Waals surface area contributed by atoms with E-state index in [0.717, 1.165) is 33.5 Å². The second-order valence-corrected chi connectivity index (χ2v) is 5.82. The van der Waals surface area contributed by atoms with Gasteiger partial charge in [0.1, 0.15) is 5.65 Å².